The van der Waals surface area contributed by atoms with E-state index in [0.29, 0.717) is 12.0 Å². The van der Waals surface area contributed by atoms with E-state index in [4.69, 9.17) is 4.42 Å². The second kappa shape index (κ2) is 7.73. The Labute approximate surface area is 178 Å². The summed E-state index contributed by atoms with van der Waals surface area (Å²) in [6.07, 6.45) is 4.18. The minimum atomic E-state index is -1.35. The van der Waals surface area contributed by atoms with E-state index in [-0.39, 0.29) is 11.7 Å². The fourth-order valence-electron chi connectivity index (χ4n) is 4.54. The third-order valence-electron chi connectivity index (χ3n) is 6.31. The average molecular weight is 401 g/mol. The van der Waals surface area contributed by atoms with Gasteiger partial charge in [0.15, 0.2) is 5.78 Å². The Bertz CT molecular complexity index is 1030. The third kappa shape index (κ3) is 3.54. The van der Waals surface area contributed by atoms with Crippen molar-refractivity contribution < 1.29 is 14.3 Å². The molecule has 0 saturated heterocycles. The van der Waals surface area contributed by atoms with Crippen LogP contribution in [0.5, 0.6) is 0 Å². The summed E-state index contributed by atoms with van der Waals surface area (Å²) in [7, 11) is 0. The molecule has 1 aliphatic rings. The smallest absolute Gasteiger partial charge is 0.169 e. The fraction of sp³-hybridized carbons (Fsp3) is 0.296. The number of hydrogen-bond donors (Lipinski definition) is 1. The zero-order valence-electron chi connectivity index (χ0n) is 17.7. The van der Waals surface area contributed by atoms with Crippen LogP contribution in [-0.2, 0) is 0 Å². The van der Waals surface area contributed by atoms with E-state index in [2.05, 4.69) is 0 Å². The first-order valence-corrected chi connectivity index (χ1v) is 10.4. The van der Waals surface area contributed by atoms with Crippen molar-refractivity contribution in [3.05, 3.63) is 102 Å². The number of allylic oxidation sites excluding steroid dienone is 1. The molecule has 3 unspecified atom stereocenters. The Morgan fingerprint density at radius 3 is 2.17 bits per heavy atom. The monoisotopic (exact) mass is 400 g/mol. The Balaban J connectivity index is 1.92. The molecule has 0 saturated carbocycles. The molecule has 0 aliphatic heterocycles. The van der Waals surface area contributed by atoms with Crippen LogP contribution in [0.25, 0.3) is 5.57 Å². The summed E-state index contributed by atoms with van der Waals surface area (Å²) in [6.45, 7) is 5.96. The molecule has 1 aliphatic carbocycles. The number of hydrogen-bond acceptors (Lipinski definition) is 3. The number of carbonyl (C=O) groups excluding carboxylic acids is 1. The molecule has 3 heteroatoms. The summed E-state index contributed by atoms with van der Waals surface area (Å²) in [5, 5.41) is 12.2. The Morgan fingerprint density at radius 1 is 0.967 bits per heavy atom. The predicted octanol–water partition coefficient (Wildman–Crippen LogP) is 6.13. The lowest BCUT2D eigenvalue weighted by molar-refractivity contribution is -0.0645. The minimum Gasteiger partial charge on any atom is -0.469 e. The quantitative estimate of drug-likeness (QED) is 0.536. The summed E-state index contributed by atoms with van der Waals surface area (Å²) in [6, 6.07) is 23.1. The van der Waals surface area contributed by atoms with Gasteiger partial charge in [0.2, 0.25) is 0 Å². The van der Waals surface area contributed by atoms with Gasteiger partial charge in [0.25, 0.3) is 0 Å². The molecule has 1 aromatic heterocycles. The lowest BCUT2D eigenvalue weighted by atomic mass is 9.57. The molecule has 0 bridgehead atoms. The van der Waals surface area contributed by atoms with Gasteiger partial charge < -0.3 is 9.52 Å². The molecular weight excluding hydrogens is 372 g/mol. The van der Waals surface area contributed by atoms with Crippen molar-refractivity contribution in [1.82, 2.24) is 0 Å². The summed E-state index contributed by atoms with van der Waals surface area (Å²) >= 11 is 0. The van der Waals surface area contributed by atoms with Crippen LogP contribution in [-0.4, -0.2) is 16.5 Å². The van der Waals surface area contributed by atoms with Crippen LogP contribution in [0.3, 0.4) is 0 Å². The van der Waals surface area contributed by atoms with Gasteiger partial charge in [0.05, 0.1) is 17.8 Å². The molecule has 0 radical (unpaired) electrons. The summed E-state index contributed by atoms with van der Waals surface area (Å²) in [4.78, 5) is 13.8. The molecule has 4 rings (SSSR count). The maximum atomic E-state index is 13.8. The minimum absolute atomic E-state index is 0.0576. The van der Waals surface area contributed by atoms with Crippen LogP contribution in [0, 0.1) is 11.3 Å². The van der Waals surface area contributed by atoms with E-state index in [1.54, 1.807) is 6.26 Å². The Morgan fingerprint density at radius 2 is 1.60 bits per heavy atom. The normalized spacial score (nSPS) is 24.3. The number of benzene rings is 2. The highest BCUT2D eigenvalue weighted by Crippen LogP contribution is 2.53. The molecule has 1 N–H and O–H groups in total. The van der Waals surface area contributed by atoms with Crippen molar-refractivity contribution in [3.63, 3.8) is 0 Å². The standard InChI is InChI=1S/C27H28O3/c1-26(2,3)27(29)18-21(19-11-6-4-7-12-19)17-22(23-15-10-16-30-23)24(27)25(28)20-13-8-5-9-14-20/h4-16,18,22,24,29H,17H2,1-3H3. The van der Waals surface area contributed by atoms with E-state index in [1.165, 1.54) is 0 Å². The SMILES string of the molecule is CC(C)(C)C1(O)C=C(c2ccccc2)CC(c2ccco2)C1C(=O)c1ccccc1. The van der Waals surface area contributed by atoms with Crippen LogP contribution < -0.4 is 0 Å². The summed E-state index contributed by atoms with van der Waals surface area (Å²) in [5.74, 6) is -0.248. The molecule has 1 heterocycles. The first kappa shape index (κ1) is 20.4. The first-order valence-electron chi connectivity index (χ1n) is 10.4. The second-order valence-corrected chi connectivity index (χ2v) is 9.14. The molecule has 0 fully saturated rings. The summed E-state index contributed by atoms with van der Waals surface area (Å²) in [5.41, 5.74) is 0.793. The Kier molecular flexibility index (Phi) is 5.25. The number of ketones is 1. The van der Waals surface area contributed by atoms with Gasteiger partial charge in [-0.1, -0.05) is 81.4 Å². The zero-order valence-corrected chi connectivity index (χ0v) is 17.7. The number of Topliss-reactive ketones (excluding diaryl/α,β-unsaturated/α-hetero) is 1. The molecule has 3 nitrogen and oxygen atoms in total. The molecule has 2 aromatic carbocycles. The highest BCUT2D eigenvalue weighted by molar-refractivity contribution is 6.00. The average Bonchev–Trinajstić information content (AvgIpc) is 3.28. The van der Waals surface area contributed by atoms with Gasteiger partial charge in [-0.3, -0.25) is 4.79 Å². The number of aliphatic hydroxyl groups is 1. The highest BCUT2D eigenvalue weighted by Gasteiger charge is 2.55. The van der Waals surface area contributed by atoms with Crippen LogP contribution in [0.15, 0.2) is 89.6 Å². The predicted molar refractivity (Wildman–Crippen MR) is 119 cm³/mol. The summed E-state index contributed by atoms with van der Waals surface area (Å²) < 4.78 is 5.79. The van der Waals surface area contributed by atoms with Gasteiger partial charge in [-0.05, 0) is 41.2 Å². The van der Waals surface area contributed by atoms with Gasteiger partial charge in [0.1, 0.15) is 5.76 Å². The highest BCUT2D eigenvalue weighted by atomic mass is 16.3. The molecule has 30 heavy (non-hydrogen) atoms. The molecule has 154 valence electrons. The van der Waals surface area contributed by atoms with Gasteiger partial charge in [-0.15, -0.1) is 0 Å². The number of carbonyl (C=O) groups is 1. The lowest BCUT2D eigenvalue weighted by Crippen LogP contribution is -2.54. The first-order chi connectivity index (χ1) is 14.3. The van der Waals surface area contributed by atoms with E-state index < -0.39 is 16.9 Å². The molecule has 0 amide bonds. The lowest BCUT2D eigenvalue weighted by Gasteiger charge is -2.49. The molecular formula is C27H28O3. The fourth-order valence-corrected chi connectivity index (χ4v) is 4.54. The number of rotatable bonds is 4. The van der Waals surface area contributed by atoms with Crippen molar-refractivity contribution >= 4 is 11.4 Å². The van der Waals surface area contributed by atoms with E-state index >= 15 is 0 Å². The van der Waals surface area contributed by atoms with Crippen molar-refractivity contribution in [1.29, 1.82) is 0 Å². The largest absolute Gasteiger partial charge is 0.469 e. The van der Waals surface area contributed by atoms with Crippen molar-refractivity contribution in [2.75, 3.05) is 0 Å². The van der Waals surface area contributed by atoms with Crippen LogP contribution >= 0.6 is 0 Å². The van der Waals surface area contributed by atoms with Crippen molar-refractivity contribution in [2.45, 2.75) is 38.7 Å². The third-order valence-corrected chi connectivity index (χ3v) is 6.31. The van der Waals surface area contributed by atoms with E-state index in [1.807, 2.05) is 99.6 Å². The Hall–Kier alpha value is -2.91. The maximum Gasteiger partial charge on any atom is 0.169 e. The zero-order chi connectivity index (χ0) is 21.4. The molecule has 0 spiro atoms. The maximum absolute atomic E-state index is 13.8. The second-order valence-electron chi connectivity index (χ2n) is 9.14. The molecule has 3 atom stereocenters. The van der Waals surface area contributed by atoms with Gasteiger partial charge >= 0.3 is 0 Å². The van der Waals surface area contributed by atoms with Gasteiger partial charge in [-0.25, -0.2) is 0 Å². The van der Waals surface area contributed by atoms with Crippen molar-refractivity contribution in [3.8, 4) is 0 Å². The number of furan rings is 1. The van der Waals surface area contributed by atoms with E-state index in [0.717, 1.165) is 16.9 Å². The van der Waals surface area contributed by atoms with Gasteiger partial charge in [0, 0.05) is 11.5 Å². The van der Waals surface area contributed by atoms with E-state index in [9.17, 15) is 9.90 Å². The van der Waals surface area contributed by atoms with Crippen LogP contribution in [0.4, 0.5) is 0 Å². The van der Waals surface area contributed by atoms with Crippen LogP contribution in [0.2, 0.25) is 0 Å². The van der Waals surface area contributed by atoms with Gasteiger partial charge in [-0.2, -0.15) is 0 Å². The molecule has 3 aromatic rings. The topological polar surface area (TPSA) is 50.4 Å². The van der Waals surface area contributed by atoms with Crippen LogP contribution in [0.1, 0.15) is 54.8 Å². The van der Waals surface area contributed by atoms with Crippen molar-refractivity contribution in [2.24, 2.45) is 11.3 Å².